The Bertz CT molecular complexity index is 1110. The number of alkyl halides is 7. The highest BCUT2D eigenvalue weighted by Crippen LogP contribution is 2.48. The van der Waals surface area contributed by atoms with Gasteiger partial charge in [0.15, 0.2) is 23.3 Å². The molecule has 2 aromatic heterocycles. The van der Waals surface area contributed by atoms with Gasteiger partial charge in [0.05, 0.1) is 16.7 Å². The summed E-state index contributed by atoms with van der Waals surface area (Å²) in [6.45, 7) is 0.108. The number of pyridine rings is 1. The highest BCUT2D eigenvalue weighted by molar-refractivity contribution is 7.98. The normalized spacial score (nSPS) is 16.9. The zero-order chi connectivity index (χ0) is 23.3. The Hall–Kier alpha value is -2.90. The number of halogens is 7. The van der Waals surface area contributed by atoms with Crippen LogP contribution in [0.15, 0.2) is 29.6 Å². The van der Waals surface area contributed by atoms with Gasteiger partial charge in [-0.3, -0.25) is 4.98 Å². The van der Waals surface area contributed by atoms with Crippen molar-refractivity contribution in [3.05, 3.63) is 35.7 Å². The first kappa shape index (κ1) is 22.3. The van der Waals surface area contributed by atoms with Gasteiger partial charge >= 0.3 is 18.4 Å². The van der Waals surface area contributed by atoms with Gasteiger partial charge in [0.25, 0.3) is 0 Å². The van der Waals surface area contributed by atoms with Gasteiger partial charge in [-0.15, -0.1) is 0 Å². The van der Waals surface area contributed by atoms with Crippen LogP contribution in [-0.4, -0.2) is 40.0 Å². The Morgan fingerprint density at radius 1 is 1.09 bits per heavy atom. The zero-order valence-electron chi connectivity index (χ0n) is 15.9. The summed E-state index contributed by atoms with van der Waals surface area (Å²) in [5.41, 5.74) is 1.22. The van der Waals surface area contributed by atoms with Crippen LogP contribution in [0.2, 0.25) is 0 Å². The van der Waals surface area contributed by atoms with Crippen molar-refractivity contribution in [3.8, 4) is 17.2 Å². The number of fused-ring (bicyclic) bond motifs is 2. The highest BCUT2D eigenvalue weighted by Gasteiger charge is 2.66. The number of nitrogens with one attached hydrogen (secondary N) is 1. The molecule has 1 aromatic carbocycles. The molecule has 0 amide bonds. The lowest BCUT2D eigenvalue weighted by atomic mass is 10.2. The second-order valence-electron chi connectivity index (χ2n) is 6.67. The third-order valence-corrected chi connectivity index (χ3v) is 5.22. The van der Waals surface area contributed by atoms with E-state index in [1.807, 2.05) is 0 Å². The molecule has 6 nitrogen and oxygen atoms in total. The van der Waals surface area contributed by atoms with Crippen molar-refractivity contribution in [2.75, 3.05) is 6.61 Å². The molecule has 0 fully saturated rings. The van der Waals surface area contributed by atoms with E-state index in [0.717, 1.165) is 23.9 Å². The molecular weight excluding hydrogens is 471 g/mol. The average Bonchev–Trinajstić information content (AvgIpc) is 3.06. The monoisotopic (exact) mass is 483 g/mol. The van der Waals surface area contributed by atoms with Gasteiger partial charge < -0.3 is 19.2 Å². The van der Waals surface area contributed by atoms with Crippen molar-refractivity contribution >= 4 is 22.8 Å². The van der Waals surface area contributed by atoms with Crippen LogP contribution in [0.4, 0.5) is 30.7 Å². The fourth-order valence-electron chi connectivity index (χ4n) is 2.77. The Morgan fingerprint density at radius 2 is 1.75 bits per heavy atom. The van der Waals surface area contributed by atoms with Crippen LogP contribution in [0, 0.1) is 6.92 Å². The molecule has 1 aliphatic rings. The maximum Gasteiger partial charge on any atom is 0.507 e. The topological polar surface area (TPSA) is 69.3 Å². The van der Waals surface area contributed by atoms with Gasteiger partial charge in [0, 0.05) is 29.6 Å². The molecule has 3 aromatic rings. The Morgan fingerprint density at radius 3 is 2.41 bits per heavy atom. The summed E-state index contributed by atoms with van der Waals surface area (Å²) >= 11 is 1.10. The van der Waals surface area contributed by atoms with E-state index >= 15 is 0 Å². The highest BCUT2D eigenvalue weighted by atomic mass is 32.2. The number of aromatic amines is 1. The lowest BCUT2D eigenvalue weighted by Gasteiger charge is -2.31. The molecule has 0 unspecified atom stereocenters. The van der Waals surface area contributed by atoms with Crippen molar-refractivity contribution < 1.29 is 44.9 Å². The molecule has 32 heavy (non-hydrogen) atoms. The van der Waals surface area contributed by atoms with Gasteiger partial charge in [-0.25, -0.2) is 4.98 Å². The predicted octanol–water partition coefficient (Wildman–Crippen LogP) is 5.46. The molecule has 0 radical (unpaired) electrons. The number of hydrogen-bond acceptors (Lipinski definition) is 6. The van der Waals surface area contributed by atoms with Gasteiger partial charge in [0.2, 0.25) is 0 Å². The molecule has 0 saturated carbocycles. The molecule has 4 rings (SSSR count). The van der Waals surface area contributed by atoms with E-state index in [-0.39, 0.29) is 27.7 Å². The summed E-state index contributed by atoms with van der Waals surface area (Å²) in [6.07, 6.45) is -12.9. The number of aromatic nitrogens is 3. The smallest absolute Gasteiger partial charge is 0.484 e. The molecule has 0 aliphatic carbocycles. The molecular formula is C18H12F7N3O3S. The van der Waals surface area contributed by atoms with Gasteiger partial charge in [-0.1, -0.05) is 11.8 Å². The molecule has 172 valence electrons. The van der Waals surface area contributed by atoms with E-state index in [9.17, 15) is 30.7 Å². The maximum absolute atomic E-state index is 13.4. The molecule has 0 spiro atoms. The third kappa shape index (κ3) is 4.36. The number of imidazole rings is 1. The number of nitrogens with zero attached hydrogens (tertiary/aromatic N) is 2. The molecule has 1 N–H and O–H groups in total. The van der Waals surface area contributed by atoms with E-state index in [1.54, 1.807) is 6.92 Å². The van der Waals surface area contributed by atoms with E-state index in [0.29, 0.717) is 11.3 Å². The van der Waals surface area contributed by atoms with Crippen LogP contribution in [0.1, 0.15) is 11.3 Å². The Balaban J connectivity index is 1.52. The Labute approximate surface area is 179 Å². The summed E-state index contributed by atoms with van der Waals surface area (Å²) in [5, 5.41) is 0.281. The van der Waals surface area contributed by atoms with Crippen molar-refractivity contribution in [2.45, 2.75) is 36.2 Å². The third-order valence-electron chi connectivity index (χ3n) is 4.34. The second-order valence-corrected chi connectivity index (χ2v) is 7.63. The largest absolute Gasteiger partial charge is 0.507 e. The van der Waals surface area contributed by atoms with E-state index in [4.69, 9.17) is 4.74 Å². The summed E-state index contributed by atoms with van der Waals surface area (Å²) in [5.74, 6) is -0.969. The van der Waals surface area contributed by atoms with E-state index < -0.39 is 36.5 Å². The molecule has 0 bridgehead atoms. The summed E-state index contributed by atoms with van der Waals surface area (Å²) in [4.78, 5) is 11.1. The minimum absolute atomic E-state index is 0.0290. The molecule has 0 saturated heterocycles. The van der Waals surface area contributed by atoms with Crippen molar-refractivity contribution in [1.29, 1.82) is 0 Å². The predicted molar refractivity (Wildman–Crippen MR) is 97.3 cm³/mol. The van der Waals surface area contributed by atoms with Crippen LogP contribution in [-0.2, 0) is 5.75 Å². The second kappa shape index (κ2) is 7.60. The van der Waals surface area contributed by atoms with Crippen LogP contribution in [0.5, 0.6) is 17.2 Å². The number of benzene rings is 1. The van der Waals surface area contributed by atoms with E-state index in [1.165, 1.54) is 12.3 Å². The number of thioether (sulfide) groups is 1. The molecule has 14 heteroatoms. The molecule has 0 atom stereocenters. The van der Waals surface area contributed by atoms with Crippen molar-refractivity contribution in [3.63, 3.8) is 0 Å². The number of hydrogen-bond donors (Lipinski definition) is 1. The fourth-order valence-corrected chi connectivity index (χ4v) is 3.68. The molecule has 1 aliphatic heterocycles. The van der Waals surface area contributed by atoms with Crippen LogP contribution in [0.25, 0.3) is 11.0 Å². The van der Waals surface area contributed by atoms with Crippen LogP contribution >= 0.6 is 11.8 Å². The van der Waals surface area contributed by atoms with Gasteiger partial charge in [-0.05, 0) is 13.0 Å². The zero-order valence-corrected chi connectivity index (χ0v) is 16.7. The Kier molecular flexibility index (Phi) is 5.30. The fraction of sp³-hybridized carbons (Fsp3) is 0.333. The average molecular weight is 483 g/mol. The molecule has 3 heterocycles. The van der Waals surface area contributed by atoms with E-state index in [2.05, 4.69) is 24.4 Å². The SMILES string of the molecule is Cc1c(OCC(F)(F)F)ccnc1CSc1nc2cc3c(cc2[nH]1)OC(F)(F)C(F)(F)O3. The first-order valence-electron chi connectivity index (χ1n) is 8.79. The van der Waals surface area contributed by atoms with Crippen LogP contribution in [0.3, 0.4) is 0 Å². The number of H-pyrrole nitrogens is 1. The van der Waals surface area contributed by atoms with Gasteiger partial charge in [-0.2, -0.15) is 30.7 Å². The maximum atomic E-state index is 13.4. The first-order valence-corrected chi connectivity index (χ1v) is 9.77. The minimum Gasteiger partial charge on any atom is -0.484 e. The van der Waals surface area contributed by atoms with Crippen LogP contribution < -0.4 is 14.2 Å². The standard InChI is InChI=1S/C18H12F7N3O3S/c1-8-11(26-3-2-12(8)29-7-16(19,20)21)6-32-15-27-9-4-13-14(5-10(9)28-15)31-18(24,25)17(22,23)30-13/h2-5H,6-7H2,1H3,(H,27,28). The lowest BCUT2D eigenvalue weighted by molar-refractivity contribution is -0.391. The number of rotatable bonds is 5. The van der Waals surface area contributed by atoms with Crippen molar-refractivity contribution in [1.82, 2.24) is 15.0 Å². The van der Waals surface area contributed by atoms with Gasteiger partial charge in [0.1, 0.15) is 5.75 Å². The number of ether oxygens (including phenoxy) is 3. The summed E-state index contributed by atoms with van der Waals surface area (Å²) in [7, 11) is 0. The summed E-state index contributed by atoms with van der Waals surface area (Å²) in [6, 6.07) is 3.40. The summed E-state index contributed by atoms with van der Waals surface area (Å²) < 4.78 is 104. The van der Waals surface area contributed by atoms with Crippen molar-refractivity contribution in [2.24, 2.45) is 0 Å². The lowest BCUT2D eigenvalue weighted by Crippen LogP contribution is -2.52. The quantitative estimate of drug-likeness (QED) is 0.384. The first-order chi connectivity index (χ1) is 14.8. The minimum atomic E-state index is -4.84.